The molecular formula is C13H8Cl3NOS. The molecule has 0 saturated heterocycles. The quantitative estimate of drug-likeness (QED) is 0.797. The van der Waals surface area contributed by atoms with E-state index in [2.05, 4.69) is 0 Å². The second kappa shape index (κ2) is 5.97. The molecule has 98 valence electrons. The summed E-state index contributed by atoms with van der Waals surface area (Å²) < 4.78 is 5.69. The van der Waals surface area contributed by atoms with Crippen LogP contribution in [0.15, 0.2) is 36.4 Å². The molecule has 2 nitrogen and oxygen atoms in total. The largest absolute Gasteiger partial charge is 0.455 e. The molecule has 0 spiro atoms. The van der Waals surface area contributed by atoms with Crippen LogP contribution in [0.3, 0.4) is 0 Å². The van der Waals surface area contributed by atoms with Crippen molar-refractivity contribution in [3.63, 3.8) is 0 Å². The van der Waals surface area contributed by atoms with E-state index in [1.54, 1.807) is 36.4 Å². The maximum absolute atomic E-state index is 6.06. The van der Waals surface area contributed by atoms with Gasteiger partial charge >= 0.3 is 0 Å². The maximum Gasteiger partial charge on any atom is 0.147 e. The fourth-order valence-corrected chi connectivity index (χ4v) is 2.13. The number of hydrogen-bond donors (Lipinski definition) is 1. The molecule has 0 bridgehead atoms. The van der Waals surface area contributed by atoms with Crippen molar-refractivity contribution in [1.82, 2.24) is 0 Å². The van der Waals surface area contributed by atoms with Gasteiger partial charge in [-0.3, -0.25) is 0 Å². The normalized spacial score (nSPS) is 10.3. The summed E-state index contributed by atoms with van der Waals surface area (Å²) in [5.74, 6) is 0.898. The molecule has 6 heteroatoms. The Morgan fingerprint density at radius 3 is 2.47 bits per heavy atom. The van der Waals surface area contributed by atoms with E-state index in [4.69, 9.17) is 57.5 Å². The topological polar surface area (TPSA) is 35.2 Å². The van der Waals surface area contributed by atoms with Gasteiger partial charge in [0.15, 0.2) is 0 Å². The lowest BCUT2D eigenvalue weighted by Crippen LogP contribution is -2.10. The second-order valence-electron chi connectivity index (χ2n) is 3.66. The summed E-state index contributed by atoms with van der Waals surface area (Å²) in [6.45, 7) is 0. The molecule has 0 atom stereocenters. The highest BCUT2D eigenvalue weighted by Crippen LogP contribution is 2.36. The lowest BCUT2D eigenvalue weighted by Gasteiger charge is -2.12. The van der Waals surface area contributed by atoms with E-state index in [-0.39, 0.29) is 4.99 Å². The summed E-state index contributed by atoms with van der Waals surface area (Å²) in [6, 6.07) is 10.1. The third-order valence-corrected chi connectivity index (χ3v) is 3.60. The van der Waals surface area contributed by atoms with Gasteiger partial charge in [0, 0.05) is 5.02 Å². The zero-order valence-electron chi connectivity index (χ0n) is 9.49. The molecule has 0 fully saturated rings. The molecule has 0 aliphatic rings. The highest BCUT2D eigenvalue weighted by atomic mass is 35.5. The average molecular weight is 333 g/mol. The van der Waals surface area contributed by atoms with E-state index in [0.29, 0.717) is 32.1 Å². The van der Waals surface area contributed by atoms with E-state index in [1.807, 2.05) is 0 Å². The Labute approximate surface area is 131 Å². The van der Waals surface area contributed by atoms with Gasteiger partial charge in [-0.15, -0.1) is 0 Å². The first kappa shape index (κ1) is 14.4. The Bertz CT molecular complexity index is 646. The van der Waals surface area contributed by atoms with Crippen molar-refractivity contribution in [2.24, 2.45) is 5.73 Å². The van der Waals surface area contributed by atoms with Gasteiger partial charge in [0.25, 0.3) is 0 Å². The van der Waals surface area contributed by atoms with Crippen molar-refractivity contribution in [2.75, 3.05) is 0 Å². The minimum Gasteiger partial charge on any atom is -0.455 e. The SMILES string of the molecule is NC(=S)c1cc(Cl)ccc1Oc1cccc(Cl)c1Cl. The predicted molar refractivity (Wildman–Crippen MR) is 83.9 cm³/mol. The smallest absolute Gasteiger partial charge is 0.147 e. The third-order valence-electron chi connectivity index (χ3n) is 2.34. The molecule has 0 unspecified atom stereocenters. The Kier molecular flexibility index (Phi) is 4.53. The summed E-state index contributed by atoms with van der Waals surface area (Å²) in [5, 5.41) is 1.25. The number of halogens is 3. The zero-order valence-corrected chi connectivity index (χ0v) is 12.6. The van der Waals surface area contributed by atoms with E-state index < -0.39 is 0 Å². The van der Waals surface area contributed by atoms with Crippen LogP contribution in [0.25, 0.3) is 0 Å². The fourth-order valence-electron chi connectivity index (χ4n) is 1.47. The number of hydrogen-bond acceptors (Lipinski definition) is 2. The molecule has 0 aliphatic carbocycles. The summed E-state index contributed by atoms with van der Waals surface area (Å²) in [7, 11) is 0. The highest BCUT2D eigenvalue weighted by Gasteiger charge is 2.11. The summed E-state index contributed by atoms with van der Waals surface area (Å²) in [4.78, 5) is 0.190. The Morgan fingerprint density at radius 2 is 1.79 bits per heavy atom. The van der Waals surface area contributed by atoms with Gasteiger partial charge in [-0.05, 0) is 30.3 Å². The molecule has 2 N–H and O–H groups in total. The maximum atomic E-state index is 6.06. The fraction of sp³-hybridized carbons (Fsp3) is 0. The monoisotopic (exact) mass is 331 g/mol. The third kappa shape index (κ3) is 3.31. The Hall–Kier alpha value is -1.000. The molecule has 2 aromatic rings. The number of rotatable bonds is 3. The van der Waals surface area contributed by atoms with Crippen LogP contribution in [-0.2, 0) is 0 Å². The van der Waals surface area contributed by atoms with Crippen molar-refractivity contribution in [3.8, 4) is 11.5 Å². The standard InChI is InChI=1S/C13H8Cl3NOS/c14-7-4-5-10(8(6-7)13(17)19)18-11-3-1-2-9(15)12(11)16/h1-6H,(H2,17,19). The molecule has 2 rings (SSSR count). The molecule has 0 saturated carbocycles. The van der Waals surface area contributed by atoms with Crippen LogP contribution < -0.4 is 10.5 Å². The molecule has 2 aromatic carbocycles. The lowest BCUT2D eigenvalue weighted by atomic mass is 10.2. The highest BCUT2D eigenvalue weighted by molar-refractivity contribution is 7.80. The van der Waals surface area contributed by atoms with Crippen molar-refractivity contribution in [1.29, 1.82) is 0 Å². The van der Waals surface area contributed by atoms with Crippen LogP contribution in [0.5, 0.6) is 11.5 Å². The summed E-state index contributed by atoms with van der Waals surface area (Å²) >= 11 is 22.8. The van der Waals surface area contributed by atoms with E-state index >= 15 is 0 Å². The zero-order chi connectivity index (χ0) is 14.0. The van der Waals surface area contributed by atoms with Crippen LogP contribution in [0.4, 0.5) is 0 Å². The Balaban J connectivity index is 2.44. The van der Waals surface area contributed by atoms with Crippen LogP contribution in [-0.4, -0.2) is 4.99 Å². The van der Waals surface area contributed by atoms with E-state index in [0.717, 1.165) is 0 Å². The van der Waals surface area contributed by atoms with E-state index in [9.17, 15) is 0 Å². The van der Waals surface area contributed by atoms with Crippen LogP contribution in [0, 0.1) is 0 Å². The molecule has 0 aromatic heterocycles. The molecule has 19 heavy (non-hydrogen) atoms. The van der Waals surface area contributed by atoms with Crippen molar-refractivity contribution >= 4 is 52.0 Å². The second-order valence-corrected chi connectivity index (χ2v) is 5.32. The minimum atomic E-state index is 0.190. The first-order valence-electron chi connectivity index (χ1n) is 5.20. The Morgan fingerprint density at radius 1 is 1.05 bits per heavy atom. The number of ether oxygens (including phenoxy) is 1. The van der Waals surface area contributed by atoms with Gasteiger partial charge < -0.3 is 10.5 Å². The van der Waals surface area contributed by atoms with Crippen molar-refractivity contribution in [2.45, 2.75) is 0 Å². The van der Waals surface area contributed by atoms with Gasteiger partial charge in [0.1, 0.15) is 21.5 Å². The molecule has 0 amide bonds. The van der Waals surface area contributed by atoms with Crippen LogP contribution in [0.1, 0.15) is 5.56 Å². The average Bonchev–Trinajstić information content (AvgIpc) is 2.36. The number of thiocarbonyl (C=S) groups is 1. The van der Waals surface area contributed by atoms with Crippen molar-refractivity contribution < 1.29 is 4.74 Å². The van der Waals surface area contributed by atoms with Gasteiger partial charge in [0.2, 0.25) is 0 Å². The summed E-state index contributed by atoms with van der Waals surface area (Å²) in [6.07, 6.45) is 0. The molecule has 0 heterocycles. The molecular weight excluding hydrogens is 325 g/mol. The predicted octanol–water partition coefficient (Wildman–Crippen LogP) is 5.07. The molecule has 0 radical (unpaired) electrons. The van der Waals surface area contributed by atoms with E-state index in [1.165, 1.54) is 0 Å². The van der Waals surface area contributed by atoms with Crippen LogP contribution >= 0.6 is 47.0 Å². The van der Waals surface area contributed by atoms with Gasteiger partial charge in [-0.2, -0.15) is 0 Å². The van der Waals surface area contributed by atoms with Gasteiger partial charge in [-0.1, -0.05) is 53.1 Å². The minimum absolute atomic E-state index is 0.190. The van der Waals surface area contributed by atoms with Crippen molar-refractivity contribution in [3.05, 3.63) is 57.0 Å². The summed E-state index contributed by atoms with van der Waals surface area (Å²) in [5.41, 5.74) is 6.18. The number of nitrogens with two attached hydrogens (primary N) is 1. The first-order valence-corrected chi connectivity index (χ1v) is 6.74. The molecule has 0 aliphatic heterocycles. The van der Waals surface area contributed by atoms with Gasteiger partial charge in [0.05, 0.1) is 10.6 Å². The first-order chi connectivity index (χ1) is 8.99. The lowest BCUT2D eigenvalue weighted by molar-refractivity contribution is 0.482. The van der Waals surface area contributed by atoms with Gasteiger partial charge in [-0.25, -0.2) is 0 Å². The van der Waals surface area contributed by atoms with Crippen LogP contribution in [0.2, 0.25) is 15.1 Å². The number of benzene rings is 2.